The first-order valence-corrected chi connectivity index (χ1v) is 7.63. The number of nitrogens with one attached hydrogen (secondary N) is 1. The summed E-state index contributed by atoms with van der Waals surface area (Å²) in [5, 5.41) is 12.8. The number of aryl methyl sites for hydroxylation is 2. The normalized spacial score (nSPS) is 12.5. The predicted molar refractivity (Wildman–Crippen MR) is 88.2 cm³/mol. The highest BCUT2D eigenvalue weighted by Gasteiger charge is 2.13. The van der Waals surface area contributed by atoms with Crippen molar-refractivity contribution in [1.29, 1.82) is 0 Å². The molecule has 5 nitrogen and oxygen atoms in total. The van der Waals surface area contributed by atoms with Crippen LogP contribution in [-0.4, -0.2) is 54.8 Å². The molecule has 2 N–H and O–H groups in total. The van der Waals surface area contributed by atoms with E-state index in [1.54, 1.807) is 11.9 Å². The molecule has 22 heavy (non-hydrogen) atoms. The lowest BCUT2D eigenvalue weighted by atomic mass is 10.1. The second kappa shape index (κ2) is 8.76. The van der Waals surface area contributed by atoms with Crippen LogP contribution in [0, 0.1) is 13.8 Å². The number of aliphatic hydroxyl groups excluding tert-OH is 1. The summed E-state index contributed by atoms with van der Waals surface area (Å²) in [7, 11) is 1.81. The Balaban J connectivity index is 2.36. The smallest absolute Gasteiger partial charge is 0.234 e. The molecule has 0 fully saturated rings. The number of nitrogens with zero attached hydrogens (tertiary/aromatic N) is 1. The molecule has 1 rings (SSSR count). The predicted octanol–water partition coefficient (Wildman–Crippen LogP) is 1.50. The van der Waals surface area contributed by atoms with Crippen LogP contribution < -0.4 is 10.1 Å². The van der Waals surface area contributed by atoms with Gasteiger partial charge in [-0.25, -0.2) is 0 Å². The fourth-order valence-electron chi connectivity index (χ4n) is 2.30. The van der Waals surface area contributed by atoms with Crippen molar-refractivity contribution in [3.05, 3.63) is 29.3 Å². The third-order valence-electron chi connectivity index (χ3n) is 3.02. The Labute approximate surface area is 133 Å². The summed E-state index contributed by atoms with van der Waals surface area (Å²) in [6, 6.07) is 6.09. The number of benzene rings is 1. The minimum atomic E-state index is -0.641. The second-order valence-electron chi connectivity index (χ2n) is 6.21. The maximum atomic E-state index is 11.6. The summed E-state index contributed by atoms with van der Waals surface area (Å²) in [6.07, 6.45) is -0.641. The Bertz CT molecular complexity index is 469. The van der Waals surface area contributed by atoms with E-state index in [2.05, 4.69) is 11.4 Å². The van der Waals surface area contributed by atoms with Crippen LogP contribution >= 0.6 is 0 Å². The van der Waals surface area contributed by atoms with Crippen LogP contribution in [0.3, 0.4) is 0 Å². The highest BCUT2D eigenvalue weighted by molar-refractivity contribution is 5.78. The summed E-state index contributed by atoms with van der Waals surface area (Å²) >= 11 is 0. The van der Waals surface area contributed by atoms with Gasteiger partial charge in [-0.1, -0.05) is 6.07 Å². The van der Waals surface area contributed by atoms with E-state index in [0.717, 1.165) is 16.9 Å². The molecule has 0 radical (unpaired) electrons. The van der Waals surface area contributed by atoms with Gasteiger partial charge in [0.2, 0.25) is 5.91 Å². The molecule has 0 spiro atoms. The first-order chi connectivity index (χ1) is 10.3. The van der Waals surface area contributed by atoms with E-state index in [0.29, 0.717) is 6.54 Å². The molecule has 1 aromatic rings. The van der Waals surface area contributed by atoms with E-state index in [1.165, 1.54) is 0 Å². The van der Waals surface area contributed by atoms with Gasteiger partial charge in [0, 0.05) is 12.6 Å². The Morgan fingerprint density at radius 1 is 1.27 bits per heavy atom. The number of hydrogen-bond acceptors (Lipinski definition) is 4. The third kappa shape index (κ3) is 7.43. The van der Waals surface area contributed by atoms with Crippen molar-refractivity contribution in [2.24, 2.45) is 0 Å². The molecule has 0 aliphatic carbocycles. The highest BCUT2D eigenvalue weighted by Crippen LogP contribution is 2.16. The molecule has 0 bridgehead atoms. The van der Waals surface area contributed by atoms with Crippen LogP contribution in [-0.2, 0) is 4.79 Å². The lowest BCUT2D eigenvalue weighted by Crippen LogP contribution is -2.42. The van der Waals surface area contributed by atoms with Crippen molar-refractivity contribution in [2.45, 2.75) is 39.8 Å². The number of likely N-dealkylation sites (N-methyl/N-ethyl adjacent to an activating group) is 1. The number of hydrogen-bond donors (Lipinski definition) is 2. The fraction of sp³-hybridized carbons (Fsp3) is 0.588. The Kier molecular flexibility index (Phi) is 7.35. The maximum absolute atomic E-state index is 11.6. The molecule has 0 aliphatic heterocycles. The first kappa shape index (κ1) is 18.5. The zero-order valence-electron chi connectivity index (χ0n) is 14.2. The van der Waals surface area contributed by atoms with E-state index in [1.807, 2.05) is 39.8 Å². The van der Waals surface area contributed by atoms with Gasteiger partial charge in [-0.3, -0.25) is 9.69 Å². The summed E-state index contributed by atoms with van der Waals surface area (Å²) in [5.74, 6) is 0.719. The topological polar surface area (TPSA) is 61.8 Å². The Morgan fingerprint density at radius 3 is 2.41 bits per heavy atom. The first-order valence-electron chi connectivity index (χ1n) is 7.63. The van der Waals surface area contributed by atoms with Gasteiger partial charge in [0.15, 0.2) is 0 Å². The van der Waals surface area contributed by atoms with Crippen molar-refractivity contribution in [2.75, 3.05) is 26.7 Å². The number of rotatable bonds is 8. The van der Waals surface area contributed by atoms with Gasteiger partial charge in [-0.15, -0.1) is 0 Å². The van der Waals surface area contributed by atoms with Crippen molar-refractivity contribution in [3.63, 3.8) is 0 Å². The second-order valence-corrected chi connectivity index (χ2v) is 6.21. The van der Waals surface area contributed by atoms with Crippen LogP contribution in [0.1, 0.15) is 25.0 Å². The van der Waals surface area contributed by atoms with E-state index in [-0.39, 0.29) is 25.1 Å². The Hall–Kier alpha value is -1.59. The van der Waals surface area contributed by atoms with Gasteiger partial charge in [0.1, 0.15) is 18.5 Å². The summed E-state index contributed by atoms with van der Waals surface area (Å²) < 4.78 is 5.62. The van der Waals surface area contributed by atoms with E-state index >= 15 is 0 Å². The molecule has 1 atom stereocenters. The molecule has 0 aliphatic rings. The van der Waals surface area contributed by atoms with Crippen molar-refractivity contribution in [3.8, 4) is 5.75 Å². The Morgan fingerprint density at radius 2 is 1.86 bits per heavy atom. The van der Waals surface area contributed by atoms with E-state index < -0.39 is 6.10 Å². The lowest BCUT2D eigenvalue weighted by molar-refractivity contribution is -0.122. The third-order valence-corrected chi connectivity index (χ3v) is 3.02. The van der Waals surface area contributed by atoms with Gasteiger partial charge < -0.3 is 15.2 Å². The summed E-state index contributed by atoms with van der Waals surface area (Å²) in [5.41, 5.74) is 2.26. The van der Waals surface area contributed by atoms with Crippen LogP contribution in [0.25, 0.3) is 0 Å². The van der Waals surface area contributed by atoms with Gasteiger partial charge >= 0.3 is 0 Å². The molecular formula is C17H28N2O3. The van der Waals surface area contributed by atoms with Gasteiger partial charge in [0.05, 0.1) is 6.54 Å². The fourth-order valence-corrected chi connectivity index (χ4v) is 2.30. The standard InChI is InChI=1S/C17H28N2O3/c1-12(2)18-17(21)10-19(5)9-15(20)11-22-16-7-13(3)6-14(4)8-16/h6-8,12,15,20H,9-11H2,1-5H3,(H,18,21). The van der Waals surface area contributed by atoms with Crippen LogP contribution in [0.15, 0.2) is 18.2 Å². The minimum Gasteiger partial charge on any atom is -0.491 e. The number of carbonyl (C=O) groups excluding carboxylic acids is 1. The monoisotopic (exact) mass is 308 g/mol. The number of ether oxygens (including phenoxy) is 1. The maximum Gasteiger partial charge on any atom is 0.234 e. The number of amides is 1. The summed E-state index contributed by atoms with van der Waals surface area (Å²) in [4.78, 5) is 13.4. The van der Waals surface area contributed by atoms with E-state index in [4.69, 9.17) is 4.74 Å². The minimum absolute atomic E-state index is 0.0417. The molecule has 0 saturated carbocycles. The van der Waals surface area contributed by atoms with Crippen LogP contribution in [0.4, 0.5) is 0 Å². The zero-order chi connectivity index (χ0) is 16.7. The molecule has 124 valence electrons. The van der Waals surface area contributed by atoms with Crippen molar-refractivity contribution in [1.82, 2.24) is 10.2 Å². The van der Waals surface area contributed by atoms with Gasteiger partial charge in [-0.2, -0.15) is 0 Å². The lowest BCUT2D eigenvalue weighted by Gasteiger charge is -2.21. The van der Waals surface area contributed by atoms with Gasteiger partial charge in [0.25, 0.3) is 0 Å². The van der Waals surface area contributed by atoms with Gasteiger partial charge in [-0.05, 0) is 58.0 Å². The molecular weight excluding hydrogens is 280 g/mol. The summed E-state index contributed by atoms with van der Waals surface area (Å²) in [6.45, 7) is 8.72. The zero-order valence-corrected chi connectivity index (χ0v) is 14.2. The quantitative estimate of drug-likeness (QED) is 0.764. The van der Waals surface area contributed by atoms with Crippen LogP contribution in [0.5, 0.6) is 5.75 Å². The average Bonchev–Trinajstić information content (AvgIpc) is 2.33. The largest absolute Gasteiger partial charge is 0.491 e. The molecule has 1 aromatic carbocycles. The van der Waals surface area contributed by atoms with Crippen molar-refractivity contribution >= 4 is 5.91 Å². The molecule has 0 saturated heterocycles. The molecule has 0 aromatic heterocycles. The average molecular weight is 308 g/mol. The number of carbonyl (C=O) groups is 1. The highest BCUT2D eigenvalue weighted by atomic mass is 16.5. The van der Waals surface area contributed by atoms with Crippen LogP contribution in [0.2, 0.25) is 0 Å². The molecule has 0 heterocycles. The number of aliphatic hydroxyl groups is 1. The van der Waals surface area contributed by atoms with E-state index in [9.17, 15) is 9.90 Å². The molecule has 1 unspecified atom stereocenters. The van der Waals surface area contributed by atoms with Crippen molar-refractivity contribution < 1.29 is 14.6 Å². The molecule has 1 amide bonds. The molecule has 5 heteroatoms. The SMILES string of the molecule is Cc1cc(C)cc(OCC(O)CN(C)CC(=O)NC(C)C)c1.